The first kappa shape index (κ1) is 24.9. The van der Waals surface area contributed by atoms with Crippen molar-refractivity contribution in [3.63, 3.8) is 0 Å². The number of carbonyl (C=O) groups excluding carboxylic acids is 1. The van der Waals surface area contributed by atoms with Crippen LogP contribution in [0.15, 0.2) is 47.6 Å². The summed E-state index contributed by atoms with van der Waals surface area (Å²) in [6.07, 6.45) is 2.36. The van der Waals surface area contributed by atoms with E-state index in [1.807, 2.05) is 30.3 Å². The van der Waals surface area contributed by atoms with Crippen LogP contribution in [0.2, 0.25) is 18.1 Å². The Hall–Kier alpha value is -2.12. The molecular formula is C21H33N3O4Si. The van der Waals surface area contributed by atoms with Crippen molar-refractivity contribution in [3.8, 4) is 0 Å². The molecule has 1 aromatic carbocycles. The van der Waals surface area contributed by atoms with Gasteiger partial charge in [-0.2, -0.15) is 0 Å². The number of esters is 1. The summed E-state index contributed by atoms with van der Waals surface area (Å²) in [7, 11) is -2.20. The van der Waals surface area contributed by atoms with Crippen LogP contribution in [0.3, 0.4) is 0 Å². The fourth-order valence-corrected chi connectivity index (χ4v) is 3.53. The van der Waals surface area contributed by atoms with Gasteiger partial charge in [-0.15, -0.1) is 0 Å². The predicted molar refractivity (Wildman–Crippen MR) is 117 cm³/mol. The molecule has 0 bridgehead atoms. The summed E-state index contributed by atoms with van der Waals surface area (Å²) in [6.45, 7) is 13.2. The minimum atomic E-state index is -2.20. The third-order valence-corrected chi connectivity index (χ3v) is 9.40. The Bertz CT molecular complexity index is 710. The molecule has 1 aromatic rings. The average molecular weight is 420 g/mol. The summed E-state index contributed by atoms with van der Waals surface area (Å²) in [5.41, 5.74) is 10.1. The van der Waals surface area contributed by atoms with Crippen molar-refractivity contribution >= 4 is 14.3 Å². The first-order chi connectivity index (χ1) is 13.6. The predicted octanol–water partition coefficient (Wildman–Crippen LogP) is 5.39. The molecule has 2 atom stereocenters. The van der Waals surface area contributed by atoms with Gasteiger partial charge in [0, 0.05) is 11.0 Å². The Kier molecular flexibility index (Phi) is 10.1. The highest BCUT2D eigenvalue weighted by Gasteiger charge is 2.40. The van der Waals surface area contributed by atoms with E-state index in [1.54, 1.807) is 13.0 Å². The molecule has 1 rings (SSSR count). The third kappa shape index (κ3) is 8.83. The molecule has 0 N–H and O–H groups in total. The zero-order valence-electron chi connectivity index (χ0n) is 18.3. The second kappa shape index (κ2) is 11.8. The van der Waals surface area contributed by atoms with E-state index >= 15 is 0 Å². The summed E-state index contributed by atoms with van der Waals surface area (Å²) in [5.74, 6) is -0.457. The molecule has 0 amide bonds. The van der Waals surface area contributed by atoms with Gasteiger partial charge in [0.15, 0.2) is 8.32 Å². The van der Waals surface area contributed by atoms with Crippen LogP contribution in [0.5, 0.6) is 0 Å². The van der Waals surface area contributed by atoms with Crippen LogP contribution in [0.25, 0.3) is 10.4 Å². The summed E-state index contributed by atoms with van der Waals surface area (Å²) in [4.78, 5) is 14.8. The van der Waals surface area contributed by atoms with Gasteiger partial charge < -0.3 is 13.9 Å². The van der Waals surface area contributed by atoms with Gasteiger partial charge >= 0.3 is 5.97 Å². The normalized spacial score (nSPS) is 14.3. The number of rotatable bonds is 11. The van der Waals surface area contributed by atoms with Crippen LogP contribution in [0.4, 0.5) is 0 Å². The van der Waals surface area contributed by atoms with Crippen LogP contribution < -0.4 is 0 Å². The Labute approximate surface area is 174 Å². The topological polar surface area (TPSA) is 93.5 Å². The second-order valence-corrected chi connectivity index (χ2v) is 13.0. The molecule has 160 valence electrons. The lowest BCUT2D eigenvalue weighted by Crippen LogP contribution is -2.47. The largest absolute Gasteiger partial charge is 0.463 e. The standard InChI is InChI=1S/C21H33N3O4Si/c1-7-27-20(25)14-13-19(28-29(5,6)21(2,3)4)18(23-24-22)16-26-15-17-11-9-8-10-12-17/h8-14,18-19H,7,15-16H2,1-6H3/b14-13+/t18-,19+/m1/s1. The van der Waals surface area contributed by atoms with Crippen molar-refractivity contribution in [3.05, 3.63) is 58.5 Å². The first-order valence-corrected chi connectivity index (χ1v) is 12.7. The molecule has 0 radical (unpaired) electrons. The van der Waals surface area contributed by atoms with E-state index in [1.165, 1.54) is 6.08 Å². The van der Waals surface area contributed by atoms with E-state index in [9.17, 15) is 4.79 Å². The van der Waals surface area contributed by atoms with Gasteiger partial charge in [-0.05, 0) is 42.2 Å². The fraction of sp³-hybridized carbons (Fsp3) is 0.571. The molecule has 0 saturated heterocycles. The molecule has 0 unspecified atom stereocenters. The SMILES string of the molecule is CCOC(=O)/C=C/[C@H](O[Si](C)(C)C(C)(C)C)[C@@H](COCc1ccccc1)N=[N+]=[N-]. The monoisotopic (exact) mass is 419 g/mol. The van der Waals surface area contributed by atoms with Gasteiger partial charge in [-0.1, -0.05) is 56.2 Å². The number of carbonyl (C=O) groups is 1. The lowest BCUT2D eigenvalue weighted by Gasteiger charge is -2.39. The molecule has 0 saturated carbocycles. The quantitative estimate of drug-likeness (QED) is 0.120. The molecule has 0 fully saturated rings. The smallest absolute Gasteiger partial charge is 0.330 e. The average Bonchev–Trinajstić information content (AvgIpc) is 2.64. The van der Waals surface area contributed by atoms with Crippen LogP contribution in [-0.2, 0) is 25.3 Å². The maximum absolute atomic E-state index is 11.8. The summed E-state index contributed by atoms with van der Waals surface area (Å²) < 4.78 is 17.2. The number of hydrogen-bond donors (Lipinski definition) is 0. The van der Waals surface area contributed by atoms with E-state index < -0.39 is 26.4 Å². The van der Waals surface area contributed by atoms with Crippen molar-refractivity contribution in [2.45, 2.75) is 64.6 Å². The van der Waals surface area contributed by atoms with E-state index in [4.69, 9.17) is 19.4 Å². The number of azide groups is 1. The zero-order valence-corrected chi connectivity index (χ0v) is 19.3. The van der Waals surface area contributed by atoms with Crippen molar-refractivity contribution in [2.24, 2.45) is 5.11 Å². The molecule has 0 aliphatic carbocycles. The lowest BCUT2D eigenvalue weighted by atomic mass is 10.1. The first-order valence-electron chi connectivity index (χ1n) is 9.79. The van der Waals surface area contributed by atoms with Crippen LogP contribution in [-0.4, -0.2) is 39.6 Å². The minimum absolute atomic E-state index is 0.0468. The third-order valence-electron chi connectivity index (χ3n) is 4.92. The lowest BCUT2D eigenvalue weighted by molar-refractivity contribution is -0.137. The van der Waals surface area contributed by atoms with Gasteiger partial charge in [0.05, 0.1) is 32.0 Å². The van der Waals surface area contributed by atoms with E-state index in [2.05, 4.69) is 43.9 Å². The molecule has 0 spiro atoms. The highest BCUT2D eigenvalue weighted by molar-refractivity contribution is 6.74. The number of ether oxygens (including phenoxy) is 2. The van der Waals surface area contributed by atoms with Crippen molar-refractivity contribution in [1.29, 1.82) is 0 Å². The molecule has 29 heavy (non-hydrogen) atoms. The van der Waals surface area contributed by atoms with E-state index in [-0.39, 0.29) is 18.3 Å². The Morgan fingerprint density at radius 1 is 1.28 bits per heavy atom. The highest BCUT2D eigenvalue weighted by atomic mass is 28.4. The number of nitrogens with zero attached hydrogens (tertiary/aromatic N) is 3. The summed E-state index contributed by atoms with van der Waals surface area (Å²) >= 11 is 0. The van der Waals surface area contributed by atoms with E-state index in [0.29, 0.717) is 6.61 Å². The molecule has 0 aromatic heterocycles. The second-order valence-electron chi connectivity index (χ2n) is 8.23. The molecule has 8 heteroatoms. The van der Waals surface area contributed by atoms with Gasteiger partial charge in [0.2, 0.25) is 0 Å². The van der Waals surface area contributed by atoms with Crippen molar-refractivity contribution < 1.29 is 18.7 Å². The van der Waals surface area contributed by atoms with Crippen LogP contribution in [0.1, 0.15) is 33.3 Å². The molecule has 0 aliphatic heterocycles. The molecular weight excluding hydrogens is 386 g/mol. The molecule has 0 heterocycles. The zero-order chi connectivity index (χ0) is 21.9. The minimum Gasteiger partial charge on any atom is -0.463 e. The summed E-state index contributed by atoms with van der Waals surface area (Å²) in [5, 5.41) is 3.85. The Balaban J connectivity index is 2.99. The van der Waals surface area contributed by atoms with Gasteiger partial charge in [-0.3, -0.25) is 0 Å². The van der Waals surface area contributed by atoms with Gasteiger partial charge in [-0.25, -0.2) is 4.79 Å². The Morgan fingerprint density at radius 2 is 1.93 bits per heavy atom. The fourth-order valence-electron chi connectivity index (χ4n) is 2.26. The maximum atomic E-state index is 11.8. The molecule has 0 aliphatic rings. The van der Waals surface area contributed by atoms with Crippen molar-refractivity contribution in [2.75, 3.05) is 13.2 Å². The number of benzene rings is 1. The van der Waals surface area contributed by atoms with Gasteiger partial charge in [0.1, 0.15) is 0 Å². The van der Waals surface area contributed by atoms with Crippen LogP contribution in [0, 0.1) is 0 Å². The summed E-state index contributed by atoms with van der Waals surface area (Å²) in [6, 6.07) is 9.14. The highest BCUT2D eigenvalue weighted by Crippen LogP contribution is 2.38. The van der Waals surface area contributed by atoms with Gasteiger partial charge in [0.25, 0.3) is 0 Å². The van der Waals surface area contributed by atoms with Crippen LogP contribution >= 0.6 is 0 Å². The van der Waals surface area contributed by atoms with Crippen molar-refractivity contribution in [1.82, 2.24) is 0 Å². The van der Waals surface area contributed by atoms with E-state index in [0.717, 1.165) is 5.56 Å². The maximum Gasteiger partial charge on any atom is 0.330 e. The molecule has 7 nitrogen and oxygen atoms in total. The number of hydrogen-bond acceptors (Lipinski definition) is 5. The Morgan fingerprint density at radius 3 is 2.48 bits per heavy atom.